The standard InChI is InChI=1S/C16H25NO2/c1-5-19-15-11-18-10-13(15)6-12-7-14(9-17-8-12)16(2,3)4/h7-9,13,15H,5-6,10-11H2,1-4H3. The number of ether oxygens (including phenoxy) is 2. The van der Waals surface area contributed by atoms with Crippen molar-refractivity contribution in [3.05, 3.63) is 29.6 Å². The molecule has 2 atom stereocenters. The Labute approximate surface area is 116 Å². The summed E-state index contributed by atoms with van der Waals surface area (Å²) in [5, 5.41) is 0. The van der Waals surface area contributed by atoms with Gasteiger partial charge in [-0.3, -0.25) is 4.98 Å². The van der Waals surface area contributed by atoms with Gasteiger partial charge < -0.3 is 9.47 Å². The molecule has 1 saturated heterocycles. The Hall–Kier alpha value is -0.930. The molecule has 3 heteroatoms. The lowest BCUT2D eigenvalue weighted by molar-refractivity contribution is 0.0341. The summed E-state index contributed by atoms with van der Waals surface area (Å²) in [6, 6.07) is 2.27. The molecular formula is C16H25NO2. The second-order valence-electron chi connectivity index (χ2n) is 6.33. The van der Waals surface area contributed by atoms with Crippen LogP contribution in [0.1, 0.15) is 38.8 Å². The smallest absolute Gasteiger partial charge is 0.0861 e. The van der Waals surface area contributed by atoms with Crippen LogP contribution < -0.4 is 0 Å². The third-order valence-corrected chi connectivity index (χ3v) is 3.68. The molecule has 0 bridgehead atoms. The van der Waals surface area contributed by atoms with E-state index >= 15 is 0 Å². The summed E-state index contributed by atoms with van der Waals surface area (Å²) in [6.45, 7) is 11.0. The van der Waals surface area contributed by atoms with Crippen molar-refractivity contribution >= 4 is 0 Å². The molecule has 1 aliphatic rings. The van der Waals surface area contributed by atoms with Crippen LogP contribution in [0.3, 0.4) is 0 Å². The van der Waals surface area contributed by atoms with Crippen molar-refractivity contribution in [3.8, 4) is 0 Å². The maximum atomic E-state index is 5.74. The minimum atomic E-state index is 0.147. The van der Waals surface area contributed by atoms with E-state index in [2.05, 4.69) is 31.8 Å². The van der Waals surface area contributed by atoms with Crippen LogP contribution in [0.5, 0.6) is 0 Å². The lowest BCUT2D eigenvalue weighted by atomic mass is 9.86. The highest BCUT2D eigenvalue weighted by Gasteiger charge is 2.29. The Kier molecular flexibility index (Phi) is 4.58. The highest BCUT2D eigenvalue weighted by atomic mass is 16.5. The predicted octanol–water partition coefficient (Wildman–Crippen LogP) is 2.97. The van der Waals surface area contributed by atoms with Crippen molar-refractivity contribution in [1.82, 2.24) is 4.98 Å². The Bertz CT molecular complexity index is 411. The average Bonchev–Trinajstić information content (AvgIpc) is 2.77. The van der Waals surface area contributed by atoms with Gasteiger partial charge >= 0.3 is 0 Å². The quantitative estimate of drug-likeness (QED) is 0.837. The van der Waals surface area contributed by atoms with Gasteiger partial charge in [-0.15, -0.1) is 0 Å². The molecule has 1 aliphatic heterocycles. The topological polar surface area (TPSA) is 31.4 Å². The predicted molar refractivity (Wildman–Crippen MR) is 76.4 cm³/mol. The first kappa shape index (κ1) is 14.5. The van der Waals surface area contributed by atoms with Crippen molar-refractivity contribution in [1.29, 1.82) is 0 Å². The van der Waals surface area contributed by atoms with E-state index in [1.807, 2.05) is 19.3 Å². The van der Waals surface area contributed by atoms with Crippen LogP contribution in [0, 0.1) is 5.92 Å². The van der Waals surface area contributed by atoms with E-state index in [1.54, 1.807) is 0 Å². The van der Waals surface area contributed by atoms with Crippen LogP contribution in [0.2, 0.25) is 0 Å². The van der Waals surface area contributed by atoms with Gasteiger partial charge in [0, 0.05) is 24.9 Å². The molecule has 0 amide bonds. The van der Waals surface area contributed by atoms with Gasteiger partial charge in [-0.2, -0.15) is 0 Å². The molecule has 1 aromatic heterocycles. The third-order valence-electron chi connectivity index (χ3n) is 3.68. The van der Waals surface area contributed by atoms with Gasteiger partial charge in [-0.05, 0) is 29.9 Å². The molecule has 3 nitrogen and oxygen atoms in total. The highest BCUT2D eigenvalue weighted by molar-refractivity contribution is 5.24. The molecule has 19 heavy (non-hydrogen) atoms. The molecule has 106 valence electrons. The first-order valence-electron chi connectivity index (χ1n) is 7.14. The molecule has 0 radical (unpaired) electrons. The molecule has 0 aliphatic carbocycles. The van der Waals surface area contributed by atoms with Gasteiger partial charge in [0.15, 0.2) is 0 Å². The number of pyridine rings is 1. The van der Waals surface area contributed by atoms with Crippen LogP contribution in [0.25, 0.3) is 0 Å². The lowest BCUT2D eigenvalue weighted by Gasteiger charge is -2.21. The highest BCUT2D eigenvalue weighted by Crippen LogP contribution is 2.25. The fourth-order valence-corrected chi connectivity index (χ4v) is 2.48. The molecule has 2 heterocycles. The van der Waals surface area contributed by atoms with Gasteiger partial charge in [0.25, 0.3) is 0 Å². The summed E-state index contributed by atoms with van der Waals surface area (Å²) >= 11 is 0. The lowest BCUT2D eigenvalue weighted by Crippen LogP contribution is -2.24. The molecular weight excluding hydrogens is 238 g/mol. The Morgan fingerprint density at radius 1 is 1.32 bits per heavy atom. The first-order chi connectivity index (χ1) is 9.00. The van der Waals surface area contributed by atoms with Crippen LogP contribution >= 0.6 is 0 Å². The zero-order valence-corrected chi connectivity index (χ0v) is 12.5. The fourth-order valence-electron chi connectivity index (χ4n) is 2.48. The molecule has 1 fully saturated rings. The van der Waals surface area contributed by atoms with Crippen LogP contribution in [-0.4, -0.2) is 30.9 Å². The number of hydrogen-bond acceptors (Lipinski definition) is 3. The van der Waals surface area contributed by atoms with Crippen molar-refractivity contribution in [2.75, 3.05) is 19.8 Å². The van der Waals surface area contributed by atoms with Gasteiger partial charge in [0.1, 0.15) is 0 Å². The van der Waals surface area contributed by atoms with Crippen LogP contribution in [-0.2, 0) is 21.3 Å². The normalized spacial score (nSPS) is 23.8. The number of aromatic nitrogens is 1. The maximum Gasteiger partial charge on any atom is 0.0861 e. The van der Waals surface area contributed by atoms with Gasteiger partial charge in [-0.1, -0.05) is 26.8 Å². The van der Waals surface area contributed by atoms with Crippen LogP contribution in [0.15, 0.2) is 18.5 Å². The fraction of sp³-hybridized carbons (Fsp3) is 0.688. The minimum Gasteiger partial charge on any atom is -0.378 e. The second-order valence-corrected chi connectivity index (χ2v) is 6.33. The van der Waals surface area contributed by atoms with Crippen LogP contribution in [0.4, 0.5) is 0 Å². The number of hydrogen-bond donors (Lipinski definition) is 0. The molecule has 1 aromatic rings. The van der Waals surface area contributed by atoms with Gasteiger partial charge in [0.2, 0.25) is 0 Å². The zero-order chi connectivity index (χ0) is 13.9. The van der Waals surface area contributed by atoms with Crippen molar-refractivity contribution in [2.45, 2.75) is 45.6 Å². The number of nitrogens with zero attached hydrogens (tertiary/aromatic N) is 1. The maximum absolute atomic E-state index is 5.74. The van der Waals surface area contributed by atoms with Crippen molar-refractivity contribution in [2.24, 2.45) is 5.92 Å². The Morgan fingerprint density at radius 3 is 2.79 bits per heavy atom. The first-order valence-corrected chi connectivity index (χ1v) is 7.14. The minimum absolute atomic E-state index is 0.147. The molecule has 0 spiro atoms. The molecule has 0 aromatic carbocycles. The summed E-state index contributed by atoms with van der Waals surface area (Å²) in [4.78, 5) is 4.38. The van der Waals surface area contributed by atoms with E-state index in [1.165, 1.54) is 11.1 Å². The van der Waals surface area contributed by atoms with E-state index in [4.69, 9.17) is 9.47 Å². The molecule has 0 saturated carbocycles. The molecule has 2 unspecified atom stereocenters. The number of rotatable bonds is 4. The summed E-state index contributed by atoms with van der Waals surface area (Å²) in [5.41, 5.74) is 2.72. The van der Waals surface area contributed by atoms with E-state index in [0.717, 1.165) is 26.2 Å². The van der Waals surface area contributed by atoms with E-state index in [-0.39, 0.29) is 11.5 Å². The third kappa shape index (κ3) is 3.77. The largest absolute Gasteiger partial charge is 0.378 e. The van der Waals surface area contributed by atoms with E-state index in [0.29, 0.717) is 5.92 Å². The SMILES string of the molecule is CCOC1COCC1Cc1cncc(C(C)(C)C)c1. The Morgan fingerprint density at radius 2 is 2.11 bits per heavy atom. The summed E-state index contributed by atoms with van der Waals surface area (Å²) < 4.78 is 11.3. The monoisotopic (exact) mass is 263 g/mol. The van der Waals surface area contributed by atoms with E-state index < -0.39 is 0 Å². The second kappa shape index (κ2) is 6.02. The molecule has 0 N–H and O–H groups in total. The van der Waals surface area contributed by atoms with Crippen molar-refractivity contribution < 1.29 is 9.47 Å². The van der Waals surface area contributed by atoms with Gasteiger partial charge in [-0.25, -0.2) is 0 Å². The van der Waals surface area contributed by atoms with E-state index in [9.17, 15) is 0 Å². The molecule has 2 rings (SSSR count). The van der Waals surface area contributed by atoms with Gasteiger partial charge in [0.05, 0.1) is 19.3 Å². The van der Waals surface area contributed by atoms with Crippen molar-refractivity contribution in [3.63, 3.8) is 0 Å². The summed E-state index contributed by atoms with van der Waals surface area (Å²) in [5.74, 6) is 0.456. The average molecular weight is 263 g/mol. The summed E-state index contributed by atoms with van der Waals surface area (Å²) in [6.07, 6.45) is 5.16. The zero-order valence-electron chi connectivity index (χ0n) is 12.5. The summed E-state index contributed by atoms with van der Waals surface area (Å²) in [7, 11) is 0. The Balaban J connectivity index is 2.06.